The Hall–Kier alpha value is -1.88. The van der Waals surface area contributed by atoms with Crippen LogP contribution >= 0.6 is 11.6 Å². The summed E-state index contributed by atoms with van der Waals surface area (Å²) in [4.78, 5) is 16.1. The molecule has 1 atom stereocenters. The molecular weight excluding hydrogens is 264 g/mol. The molecule has 0 saturated heterocycles. The van der Waals surface area contributed by atoms with Crippen LogP contribution in [0, 0.1) is 0 Å². The number of benzene rings is 1. The van der Waals surface area contributed by atoms with Gasteiger partial charge in [-0.2, -0.15) is 0 Å². The van der Waals surface area contributed by atoms with E-state index in [2.05, 4.69) is 20.5 Å². The van der Waals surface area contributed by atoms with E-state index in [1.165, 1.54) is 0 Å². The number of nitrogens with zero attached hydrogens (tertiary/aromatic N) is 2. The van der Waals surface area contributed by atoms with Gasteiger partial charge in [0.25, 0.3) is 5.91 Å². The van der Waals surface area contributed by atoms with Crippen LogP contribution in [0.2, 0.25) is 5.02 Å². The summed E-state index contributed by atoms with van der Waals surface area (Å²) < 4.78 is 0. The van der Waals surface area contributed by atoms with Crippen molar-refractivity contribution in [3.05, 3.63) is 46.5 Å². The molecular formula is C13H15ClN4O. The number of amides is 1. The third-order valence-electron chi connectivity index (χ3n) is 2.79. The maximum Gasteiger partial charge on any atom is 0.291 e. The summed E-state index contributed by atoms with van der Waals surface area (Å²) in [5.74, 6) is 0.523. The molecule has 100 valence electrons. The van der Waals surface area contributed by atoms with E-state index in [-0.39, 0.29) is 17.8 Å². The molecule has 2 aromatic rings. The fourth-order valence-corrected chi connectivity index (χ4v) is 2.02. The zero-order valence-electron chi connectivity index (χ0n) is 10.8. The molecule has 2 N–H and O–H groups in total. The topological polar surface area (TPSA) is 70.7 Å². The maximum absolute atomic E-state index is 12.0. The Morgan fingerprint density at radius 1 is 1.47 bits per heavy atom. The molecule has 0 bridgehead atoms. The second-order valence-electron chi connectivity index (χ2n) is 4.18. The van der Waals surface area contributed by atoms with Crippen molar-refractivity contribution in [2.45, 2.75) is 26.3 Å². The van der Waals surface area contributed by atoms with Crippen LogP contribution in [0.25, 0.3) is 0 Å². The number of aryl methyl sites for hydroxylation is 1. The number of H-pyrrole nitrogens is 1. The minimum absolute atomic E-state index is 0.149. The molecule has 1 amide bonds. The molecule has 6 heteroatoms. The van der Waals surface area contributed by atoms with E-state index in [0.717, 1.165) is 5.56 Å². The Kier molecular flexibility index (Phi) is 4.16. The fraction of sp³-hybridized carbons (Fsp3) is 0.308. The third kappa shape index (κ3) is 3.12. The Morgan fingerprint density at radius 3 is 2.84 bits per heavy atom. The number of rotatable bonds is 4. The molecule has 19 heavy (non-hydrogen) atoms. The lowest BCUT2D eigenvalue weighted by Gasteiger charge is -2.14. The Bertz CT molecular complexity index is 582. The molecule has 0 aliphatic rings. The summed E-state index contributed by atoms with van der Waals surface area (Å²) in [7, 11) is 0. The molecule has 1 aromatic heterocycles. The van der Waals surface area contributed by atoms with Gasteiger partial charge in [-0.3, -0.25) is 9.89 Å². The summed E-state index contributed by atoms with van der Waals surface area (Å²) in [6.45, 7) is 3.81. The average Bonchev–Trinajstić information content (AvgIpc) is 2.88. The molecule has 1 aromatic carbocycles. The number of aromatic nitrogens is 3. The predicted octanol–water partition coefficient (Wildman–Crippen LogP) is 2.51. The van der Waals surface area contributed by atoms with Crippen molar-refractivity contribution in [3.8, 4) is 0 Å². The molecule has 0 spiro atoms. The van der Waals surface area contributed by atoms with Gasteiger partial charge < -0.3 is 5.32 Å². The van der Waals surface area contributed by atoms with Gasteiger partial charge in [-0.1, -0.05) is 36.7 Å². The first-order valence-electron chi connectivity index (χ1n) is 6.08. The van der Waals surface area contributed by atoms with Crippen molar-refractivity contribution in [3.63, 3.8) is 0 Å². The molecule has 0 fully saturated rings. The Morgan fingerprint density at radius 2 is 2.21 bits per heavy atom. The van der Waals surface area contributed by atoms with E-state index in [0.29, 0.717) is 17.3 Å². The van der Waals surface area contributed by atoms with Gasteiger partial charge in [-0.05, 0) is 18.6 Å². The summed E-state index contributed by atoms with van der Waals surface area (Å²) in [5.41, 5.74) is 0.865. The number of hydrogen-bond donors (Lipinski definition) is 2. The molecule has 0 aliphatic carbocycles. The van der Waals surface area contributed by atoms with E-state index >= 15 is 0 Å². The van der Waals surface area contributed by atoms with Crippen LogP contribution < -0.4 is 5.32 Å². The second-order valence-corrected chi connectivity index (χ2v) is 4.58. The predicted molar refractivity (Wildman–Crippen MR) is 73.1 cm³/mol. The first-order chi connectivity index (χ1) is 9.11. The minimum atomic E-state index is -0.316. The van der Waals surface area contributed by atoms with Crippen molar-refractivity contribution < 1.29 is 4.79 Å². The summed E-state index contributed by atoms with van der Waals surface area (Å²) in [6, 6.07) is 7.20. The summed E-state index contributed by atoms with van der Waals surface area (Å²) >= 11 is 6.09. The summed E-state index contributed by atoms with van der Waals surface area (Å²) in [5, 5.41) is 10.0. The fourth-order valence-electron chi connectivity index (χ4n) is 1.72. The zero-order chi connectivity index (χ0) is 13.8. The molecule has 5 nitrogen and oxygen atoms in total. The highest BCUT2D eigenvalue weighted by molar-refractivity contribution is 6.31. The van der Waals surface area contributed by atoms with Crippen LogP contribution in [0.15, 0.2) is 24.3 Å². The highest BCUT2D eigenvalue weighted by Crippen LogP contribution is 2.22. The van der Waals surface area contributed by atoms with Crippen molar-refractivity contribution in [1.82, 2.24) is 20.5 Å². The maximum atomic E-state index is 12.0. The number of carbonyl (C=O) groups excluding carboxylic acids is 1. The minimum Gasteiger partial charge on any atom is -0.343 e. The van der Waals surface area contributed by atoms with Crippen LogP contribution in [-0.2, 0) is 6.42 Å². The van der Waals surface area contributed by atoms with E-state index in [1.807, 2.05) is 32.0 Å². The standard InChI is InChI=1S/C13H15ClN4O/c1-3-11-16-12(18-17-11)13(19)15-8(2)9-6-4-5-7-10(9)14/h4-8H,3H2,1-2H3,(H,15,19)(H,16,17,18). The lowest BCUT2D eigenvalue weighted by molar-refractivity contribution is 0.0929. The second kappa shape index (κ2) is 5.84. The van der Waals surface area contributed by atoms with Gasteiger partial charge in [0.15, 0.2) is 0 Å². The number of nitrogens with one attached hydrogen (secondary N) is 2. The highest BCUT2D eigenvalue weighted by Gasteiger charge is 2.16. The SMILES string of the molecule is CCc1nc(C(=O)NC(C)c2ccccc2Cl)n[nH]1. The van der Waals surface area contributed by atoms with Gasteiger partial charge in [0, 0.05) is 11.4 Å². The Labute approximate surface area is 116 Å². The van der Waals surface area contributed by atoms with Gasteiger partial charge in [0.05, 0.1) is 6.04 Å². The van der Waals surface area contributed by atoms with Crippen molar-refractivity contribution in [2.24, 2.45) is 0 Å². The monoisotopic (exact) mass is 278 g/mol. The average molecular weight is 279 g/mol. The number of carbonyl (C=O) groups is 1. The number of aromatic amines is 1. The first-order valence-corrected chi connectivity index (χ1v) is 6.46. The lowest BCUT2D eigenvalue weighted by atomic mass is 10.1. The van der Waals surface area contributed by atoms with Crippen molar-refractivity contribution in [1.29, 1.82) is 0 Å². The van der Waals surface area contributed by atoms with Crippen LogP contribution in [0.5, 0.6) is 0 Å². The molecule has 0 radical (unpaired) electrons. The van der Waals surface area contributed by atoms with E-state index in [9.17, 15) is 4.79 Å². The molecule has 1 heterocycles. The van der Waals surface area contributed by atoms with Gasteiger partial charge in [-0.25, -0.2) is 4.98 Å². The van der Waals surface area contributed by atoms with Gasteiger partial charge >= 0.3 is 0 Å². The van der Waals surface area contributed by atoms with E-state index < -0.39 is 0 Å². The van der Waals surface area contributed by atoms with Gasteiger partial charge in [-0.15, -0.1) is 5.10 Å². The normalized spacial score (nSPS) is 12.2. The van der Waals surface area contributed by atoms with Crippen LogP contribution in [0.1, 0.15) is 41.9 Å². The molecule has 2 rings (SSSR count). The lowest BCUT2D eigenvalue weighted by Crippen LogP contribution is -2.27. The smallest absolute Gasteiger partial charge is 0.291 e. The quantitative estimate of drug-likeness (QED) is 0.903. The zero-order valence-corrected chi connectivity index (χ0v) is 11.5. The van der Waals surface area contributed by atoms with E-state index in [4.69, 9.17) is 11.6 Å². The third-order valence-corrected chi connectivity index (χ3v) is 3.13. The van der Waals surface area contributed by atoms with Crippen molar-refractivity contribution >= 4 is 17.5 Å². The summed E-state index contributed by atoms with van der Waals surface area (Å²) in [6.07, 6.45) is 0.709. The number of hydrogen-bond acceptors (Lipinski definition) is 3. The first kappa shape index (κ1) is 13.5. The molecule has 0 saturated carbocycles. The van der Waals surface area contributed by atoms with Crippen LogP contribution in [-0.4, -0.2) is 21.1 Å². The van der Waals surface area contributed by atoms with Crippen LogP contribution in [0.3, 0.4) is 0 Å². The van der Waals surface area contributed by atoms with E-state index in [1.54, 1.807) is 6.07 Å². The molecule has 1 unspecified atom stereocenters. The van der Waals surface area contributed by atoms with Crippen molar-refractivity contribution in [2.75, 3.05) is 0 Å². The van der Waals surface area contributed by atoms with Gasteiger partial charge in [0.1, 0.15) is 5.82 Å². The van der Waals surface area contributed by atoms with Gasteiger partial charge in [0.2, 0.25) is 5.82 Å². The molecule has 0 aliphatic heterocycles. The highest BCUT2D eigenvalue weighted by atomic mass is 35.5. The largest absolute Gasteiger partial charge is 0.343 e. The van der Waals surface area contributed by atoms with Crippen LogP contribution in [0.4, 0.5) is 0 Å². The Balaban J connectivity index is 2.08. The number of halogens is 1.